The molecule has 2 N–H and O–H groups in total. The number of rotatable bonds is 9. The summed E-state index contributed by atoms with van der Waals surface area (Å²) in [6.45, 7) is 8.89. The summed E-state index contributed by atoms with van der Waals surface area (Å²) in [4.78, 5) is 25.0. The summed E-state index contributed by atoms with van der Waals surface area (Å²) >= 11 is 0. The van der Waals surface area contributed by atoms with Gasteiger partial charge in [0.15, 0.2) is 0 Å². The van der Waals surface area contributed by atoms with Crippen molar-refractivity contribution in [2.45, 2.75) is 40.3 Å². The second-order valence-corrected chi connectivity index (χ2v) is 7.77. The highest BCUT2D eigenvalue weighted by atomic mass is 19.1. The fourth-order valence-corrected chi connectivity index (χ4v) is 2.63. The molecule has 2 rings (SSSR count). The van der Waals surface area contributed by atoms with Gasteiger partial charge >= 0.3 is 0 Å². The lowest BCUT2D eigenvalue weighted by Crippen LogP contribution is -2.49. The van der Waals surface area contributed by atoms with Crippen molar-refractivity contribution in [3.8, 4) is 5.75 Å². The maximum absolute atomic E-state index is 13.0. The smallest absolute Gasteiger partial charge is 0.251 e. The SMILES string of the molecule is CC(C)COc1ccc(CNC(=O)C(NC(=O)c2ccc(F)cc2)C(C)C)cc1. The normalized spacial score (nSPS) is 12.0. The molecule has 2 aromatic rings. The predicted octanol–water partition coefficient (Wildman–Crippen LogP) is 3.93. The first-order chi connectivity index (χ1) is 13.8. The van der Waals surface area contributed by atoms with E-state index in [9.17, 15) is 14.0 Å². The predicted molar refractivity (Wildman–Crippen MR) is 111 cm³/mol. The first-order valence-electron chi connectivity index (χ1n) is 9.82. The number of halogens is 1. The molecule has 5 nitrogen and oxygen atoms in total. The Hall–Kier alpha value is -2.89. The van der Waals surface area contributed by atoms with Crippen LogP contribution in [-0.4, -0.2) is 24.5 Å². The van der Waals surface area contributed by atoms with Gasteiger partial charge in [0.05, 0.1) is 6.61 Å². The summed E-state index contributed by atoms with van der Waals surface area (Å²) in [7, 11) is 0. The molecule has 0 spiro atoms. The van der Waals surface area contributed by atoms with E-state index in [-0.39, 0.29) is 11.8 Å². The van der Waals surface area contributed by atoms with E-state index in [0.29, 0.717) is 24.6 Å². The Kier molecular flexibility index (Phi) is 8.19. The van der Waals surface area contributed by atoms with Crippen LogP contribution in [0.15, 0.2) is 48.5 Å². The van der Waals surface area contributed by atoms with Crippen molar-refractivity contribution in [2.24, 2.45) is 11.8 Å². The summed E-state index contributed by atoms with van der Waals surface area (Å²) in [5, 5.41) is 5.59. The van der Waals surface area contributed by atoms with Crippen LogP contribution >= 0.6 is 0 Å². The second kappa shape index (κ2) is 10.6. The maximum atomic E-state index is 13.0. The Balaban J connectivity index is 1.92. The van der Waals surface area contributed by atoms with Crippen LogP contribution in [-0.2, 0) is 11.3 Å². The molecule has 0 aromatic heterocycles. The van der Waals surface area contributed by atoms with E-state index in [4.69, 9.17) is 4.74 Å². The van der Waals surface area contributed by atoms with Gasteiger partial charge in [-0.3, -0.25) is 9.59 Å². The van der Waals surface area contributed by atoms with E-state index in [0.717, 1.165) is 11.3 Å². The summed E-state index contributed by atoms with van der Waals surface area (Å²) in [6.07, 6.45) is 0. The number of benzene rings is 2. The number of carbonyl (C=O) groups excluding carboxylic acids is 2. The minimum absolute atomic E-state index is 0.105. The van der Waals surface area contributed by atoms with Crippen molar-refractivity contribution in [1.82, 2.24) is 10.6 Å². The van der Waals surface area contributed by atoms with E-state index in [1.165, 1.54) is 24.3 Å². The van der Waals surface area contributed by atoms with Crippen LogP contribution < -0.4 is 15.4 Å². The third kappa shape index (κ3) is 7.22. The molecule has 0 saturated heterocycles. The molecule has 156 valence electrons. The van der Waals surface area contributed by atoms with Crippen LogP contribution in [0.3, 0.4) is 0 Å². The maximum Gasteiger partial charge on any atom is 0.251 e. The van der Waals surface area contributed by atoms with Gasteiger partial charge in [-0.25, -0.2) is 4.39 Å². The number of hydrogen-bond donors (Lipinski definition) is 2. The van der Waals surface area contributed by atoms with Crippen molar-refractivity contribution in [3.05, 3.63) is 65.5 Å². The molecular weight excluding hydrogens is 371 g/mol. The molecule has 29 heavy (non-hydrogen) atoms. The topological polar surface area (TPSA) is 67.4 Å². The number of nitrogens with one attached hydrogen (secondary N) is 2. The van der Waals surface area contributed by atoms with Gasteiger partial charge in [0, 0.05) is 12.1 Å². The third-order valence-corrected chi connectivity index (χ3v) is 4.32. The zero-order chi connectivity index (χ0) is 21.4. The summed E-state index contributed by atoms with van der Waals surface area (Å²) < 4.78 is 18.7. The quantitative estimate of drug-likeness (QED) is 0.670. The zero-order valence-electron chi connectivity index (χ0n) is 17.4. The molecule has 0 aliphatic heterocycles. The number of ether oxygens (including phenoxy) is 1. The Bertz CT molecular complexity index is 802. The number of amides is 2. The Morgan fingerprint density at radius 3 is 2.14 bits per heavy atom. The van der Waals surface area contributed by atoms with Gasteiger partial charge in [0.25, 0.3) is 5.91 Å². The van der Waals surface area contributed by atoms with Crippen molar-refractivity contribution in [1.29, 1.82) is 0 Å². The highest BCUT2D eigenvalue weighted by molar-refractivity contribution is 5.97. The number of hydrogen-bond acceptors (Lipinski definition) is 3. The molecular formula is C23H29FN2O3. The first kappa shape index (κ1) is 22.4. The summed E-state index contributed by atoms with van der Waals surface area (Å²) in [5.41, 5.74) is 1.24. The standard InChI is InChI=1S/C23H29FN2O3/c1-15(2)14-29-20-11-5-17(6-12-20)13-25-23(28)21(16(3)4)26-22(27)18-7-9-19(24)10-8-18/h5-12,15-16,21H,13-14H2,1-4H3,(H,25,28)(H,26,27). The second-order valence-electron chi connectivity index (χ2n) is 7.77. The van der Waals surface area contributed by atoms with Gasteiger partial charge in [0.2, 0.25) is 5.91 Å². The fourth-order valence-electron chi connectivity index (χ4n) is 2.63. The van der Waals surface area contributed by atoms with E-state index in [1.54, 1.807) is 0 Å². The molecule has 0 aliphatic rings. The molecule has 0 fully saturated rings. The van der Waals surface area contributed by atoms with Crippen LogP contribution in [0.5, 0.6) is 5.75 Å². The summed E-state index contributed by atoms with van der Waals surface area (Å²) in [5.74, 6) is 0.0417. The van der Waals surface area contributed by atoms with Crippen molar-refractivity contribution >= 4 is 11.8 Å². The molecule has 0 bridgehead atoms. The Morgan fingerprint density at radius 1 is 0.966 bits per heavy atom. The van der Waals surface area contributed by atoms with Crippen LogP contribution in [0.1, 0.15) is 43.6 Å². The molecule has 0 heterocycles. The van der Waals surface area contributed by atoms with Gasteiger partial charge in [-0.2, -0.15) is 0 Å². The largest absolute Gasteiger partial charge is 0.493 e. The van der Waals surface area contributed by atoms with Crippen LogP contribution in [0.2, 0.25) is 0 Å². The average molecular weight is 400 g/mol. The van der Waals surface area contributed by atoms with E-state index < -0.39 is 17.8 Å². The van der Waals surface area contributed by atoms with E-state index in [1.807, 2.05) is 38.1 Å². The van der Waals surface area contributed by atoms with Gasteiger partial charge < -0.3 is 15.4 Å². The van der Waals surface area contributed by atoms with Crippen molar-refractivity contribution in [2.75, 3.05) is 6.61 Å². The van der Waals surface area contributed by atoms with Gasteiger partial charge in [0.1, 0.15) is 17.6 Å². The summed E-state index contributed by atoms with van der Waals surface area (Å²) in [6, 6.07) is 12.1. The first-order valence-corrected chi connectivity index (χ1v) is 9.82. The van der Waals surface area contributed by atoms with E-state index >= 15 is 0 Å². The average Bonchev–Trinajstić information content (AvgIpc) is 2.69. The molecule has 0 saturated carbocycles. The zero-order valence-corrected chi connectivity index (χ0v) is 17.4. The Labute approximate surface area is 171 Å². The van der Waals surface area contributed by atoms with Gasteiger partial charge in [-0.1, -0.05) is 39.8 Å². The minimum atomic E-state index is -0.693. The minimum Gasteiger partial charge on any atom is -0.493 e. The molecule has 1 unspecified atom stereocenters. The fraction of sp³-hybridized carbons (Fsp3) is 0.391. The van der Waals surface area contributed by atoms with Crippen molar-refractivity contribution in [3.63, 3.8) is 0 Å². The highest BCUT2D eigenvalue weighted by Crippen LogP contribution is 2.13. The van der Waals surface area contributed by atoms with Crippen LogP contribution in [0.25, 0.3) is 0 Å². The number of carbonyl (C=O) groups is 2. The van der Waals surface area contributed by atoms with Gasteiger partial charge in [-0.15, -0.1) is 0 Å². The van der Waals surface area contributed by atoms with Crippen molar-refractivity contribution < 1.29 is 18.7 Å². The Morgan fingerprint density at radius 2 is 1.59 bits per heavy atom. The lowest BCUT2D eigenvalue weighted by atomic mass is 10.0. The molecule has 2 amide bonds. The van der Waals surface area contributed by atoms with Crippen LogP contribution in [0.4, 0.5) is 4.39 Å². The lowest BCUT2D eigenvalue weighted by molar-refractivity contribution is -0.124. The third-order valence-electron chi connectivity index (χ3n) is 4.32. The molecule has 6 heteroatoms. The molecule has 1 atom stereocenters. The monoisotopic (exact) mass is 400 g/mol. The van der Waals surface area contributed by atoms with Crippen LogP contribution in [0, 0.1) is 17.7 Å². The highest BCUT2D eigenvalue weighted by Gasteiger charge is 2.24. The van der Waals surface area contributed by atoms with E-state index in [2.05, 4.69) is 24.5 Å². The molecule has 0 aliphatic carbocycles. The van der Waals surface area contributed by atoms with Gasteiger partial charge in [-0.05, 0) is 53.8 Å². The molecule has 0 radical (unpaired) electrons. The molecule has 2 aromatic carbocycles. The lowest BCUT2D eigenvalue weighted by Gasteiger charge is -2.22.